The van der Waals surface area contributed by atoms with Gasteiger partial charge in [0.1, 0.15) is 40.9 Å². The summed E-state index contributed by atoms with van der Waals surface area (Å²) in [5.41, 5.74) is -2.07. The Morgan fingerprint density at radius 1 is 1.08 bits per heavy atom. The SMILES string of the molecule is CNc1cc(-c2ccc(Cl)c3c(NS(C)(=O)=O)nn(C)c23)c([C@H](Cc2cc(F)cc(F)c2)NC(=O)Cn2nc(C(F)F)c3c2C(F)(F)[C@@H]2CC[C@H]32)nc1C#CC(C)(C)O. The molecule has 3 atom stereocenters. The van der Waals surface area contributed by atoms with Gasteiger partial charge >= 0.3 is 0 Å². The van der Waals surface area contributed by atoms with Crippen LogP contribution in [0.25, 0.3) is 22.0 Å². The maximum Gasteiger partial charge on any atom is 0.293 e. The predicted molar refractivity (Wildman–Crippen MR) is 208 cm³/mol. The molecular weight excluding hydrogens is 826 g/mol. The summed E-state index contributed by atoms with van der Waals surface area (Å²) in [7, 11) is -0.758. The van der Waals surface area contributed by atoms with Crippen molar-refractivity contribution >= 4 is 49.9 Å². The first-order valence-corrected chi connectivity index (χ1v) is 20.5. The van der Waals surface area contributed by atoms with Crippen LogP contribution in [0.3, 0.4) is 0 Å². The highest BCUT2D eigenvalue weighted by molar-refractivity contribution is 7.92. The molecule has 0 aliphatic heterocycles. The average molecular weight is 863 g/mol. The van der Waals surface area contributed by atoms with E-state index in [0.29, 0.717) is 22.0 Å². The monoisotopic (exact) mass is 862 g/mol. The Morgan fingerprint density at radius 3 is 2.37 bits per heavy atom. The molecule has 12 nitrogen and oxygen atoms in total. The second kappa shape index (κ2) is 15.1. The van der Waals surface area contributed by atoms with Gasteiger partial charge in [-0.25, -0.2) is 31.0 Å². The molecule has 2 aromatic carbocycles. The number of aromatic nitrogens is 5. The number of nitrogens with zero attached hydrogens (tertiary/aromatic N) is 5. The Hall–Kier alpha value is -5.32. The lowest BCUT2D eigenvalue weighted by Gasteiger charge is -2.34. The number of halogens is 7. The first-order valence-electron chi connectivity index (χ1n) is 18.2. The number of sulfonamides is 1. The summed E-state index contributed by atoms with van der Waals surface area (Å²) < 4.78 is 118. The van der Waals surface area contributed by atoms with Crippen molar-refractivity contribution < 1.29 is 44.7 Å². The minimum absolute atomic E-state index is 0.00634. The third kappa shape index (κ3) is 8.05. The lowest BCUT2D eigenvalue weighted by molar-refractivity contribution is -0.123. The fraction of sp³-hybridized carbons (Fsp3) is 0.385. The van der Waals surface area contributed by atoms with Crippen molar-refractivity contribution in [3.63, 3.8) is 0 Å². The Labute approximate surface area is 339 Å². The average Bonchev–Trinajstić information content (AvgIpc) is 3.67. The Balaban J connectivity index is 1.43. The molecule has 1 amide bonds. The maximum absolute atomic E-state index is 15.7. The molecule has 0 bridgehead atoms. The van der Waals surface area contributed by atoms with E-state index in [0.717, 1.165) is 18.4 Å². The van der Waals surface area contributed by atoms with E-state index in [2.05, 4.69) is 37.4 Å². The van der Waals surface area contributed by atoms with E-state index in [-0.39, 0.29) is 69.1 Å². The number of aryl methyl sites for hydroxylation is 1. The Morgan fingerprint density at radius 2 is 1.78 bits per heavy atom. The zero-order chi connectivity index (χ0) is 42.9. The molecule has 20 heteroatoms. The van der Waals surface area contributed by atoms with E-state index in [1.54, 1.807) is 19.2 Å². The number of nitrogens with one attached hydrogen (secondary N) is 3. The van der Waals surface area contributed by atoms with Crippen LogP contribution >= 0.6 is 11.6 Å². The van der Waals surface area contributed by atoms with E-state index < -0.39 is 81.3 Å². The van der Waals surface area contributed by atoms with Crippen molar-refractivity contribution in [3.05, 3.63) is 87.0 Å². The molecule has 312 valence electrons. The van der Waals surface area contributed by atoms with Gasteiger partial charge in [0.25, 0.3) is 12.3 Å². The van der Waals surface area contributed by atoms with Crippen LogP contribution in [0.15, 0.2) is 36.4 Å². The van der Waals surface area contributed by atoms with Crippen LogP contribution in [0.5, 0.6) is 0 Å². The van der Waals surface area contributed by atoms with Crippen LogP contribution in [0.2, 0.25) is 5.02 Å². The molecule has 0 radical (unpaired) electrons. The largest absolute Gasteiger partial charge is 0.386 e. The zero-order valence-corrected chi connectivity index (χ0v) is 33.6. The van der Waals surface area contributed by atoms with Gasteiger partial charge in [-0.1, -0.05) is 23.6 Å². The zero-order valence-electron chi connectivity index (χ0n) is 32.1. The molecular formula is C39H37ClF6N8O4S. The van der Waals surface area contributed by atoms with Gasteiger partial charge in [0, 0.05) is 42.8 Å². The van der Waals surface area contributed by atoms with Gasteiger partial charge in [0.2, 0.25) is 15.9 Å². The van der Waals surface area contributed by atoms with E-state index >= 15 is 8.78 Å². The van der Waals surface area contributed by atoms with Gasteiger partial charge in [0.15, 0.2) is 5.82 Å². The highest BCUT2D eigenvalue weighted by Gasteiger charge is 2.62. The lowest BCUT2D eigenvalue weighted by Crippen LogP contribution is -2.36. The van der Waals surface area contributed by atoms with Crippen molar-refractivity contribution in [1.29, 1.82) is 0 Å². The van der Waals surface area contributed by atoms with E-state index in [1.165, 1.54) is 31.6 Å². The first kappa shape index (κ1) is 41.8. The van der Waals surface area contributed by atoms with Crippen LogP contribution in [0.1, 0.15) is 79.0 Å². The van der Waals surface area contributed by atoms with Gasteiger partial charge < -0.3 is 15.7 Å². The Kier molecular flexibility index (Phi) is 10.7. The van der Waals surface area contributed by atoms with Gasteiger partial charge in [-0.05, 0) is 74.8 Å². The standard InChI is InChI=1S/C39H37ClF6N8O4S/c1-38(2,56)11-10-26-27(47-3)16-23(21-7-9-25(40)31-34(21)53(4)51-37(31)52-59(5,57)58)32(49-26)28(14-18-12-19(41)15-20(42)13-18)48-29(55)17-54-35-30(33(50-54)36(43)44)22-6-8-24(22)39(35,45)46/h7,9,12-13,15-16,22,24,28,36,47,56H,6,8,14,17H2,1-5H3,(H,48,55)(H,51,52)/t22-,24+,28-/m0/s1. The molecule has 0 spiro atoms. The van der Waals surface area contributed by atoms with Gasteiger partial charge in [-0.3, -0.25) is 18.9 Å². The summed E-state index contributed by atoms with van der Waals surface area (Å²) >= 11 is 6.63. The quantitative estimate of drug-likeness (QED) is 0.0823. The third-order valence-electron chi connectivity index (χ3n) is 10.3. The number of anilines is 2. The molecule has 59 heavy (non-hydrogen) atoms. The number of alkyl halides is 4. The Bertz CT molecular complexity index is 2680. The summed E-state index contributed by atoms with van der Waals surface area (Å²) in [5.74, 6) is -3.03. The number of rotatable bonds is 11. The van der Waals surface area contributed by atoms with Crippen molar-refractivity contribution in [1.82, 2.24) is 29.9 Å². The number of benzene rings is 2. The second-order valence-corrected chi connectivity index (χ2v) is 17.3. The smallest absolute Gasteiger partial charge is 0.293 e. The van der Waals surface area contributed by atoms with Crippen LogP contribution in [-0.2, 0) is 40.8 Å². The fourth-order valence-corrected chi connectivity index (χ4v) is 8.58. The number of fused-ring (bicyclic) bond motifs is 4. The molecule has 2 aliphatic carbocycles. The fourth-order valence-electron chi connectivity index (χ4n) is 7.85. The first-order chi connectivity index (χ1) is 27.6. The lowest BCUT2D eigenvalue weighted by atomic mass is 9.73. The number of carbonyl (C=O) groups is 1. The van der Waals surface area contributed by atoms with Gasteiger partial charge in [0.05, 0.1) is 39.6 Å². The van der Waals surface area contributed by atoms with Crippen molar-refractivity contribution in [2.45, 2.75) is 69.6 Å². The van der Waals surface area contributed by atoms with Crippen LogP contribution in [0, 0.1) is 29.4 Å². The highest BCUT2D eigenvalue weighted by atomic mass is 35.5. The van der Waals surface area contributed by atoms with E-state index in [9.17, 15) is 35.9 Å². The van der Waals surface area contributed by atoms with Crippen LogP contribution in [0.4, 0.5) is 37.8 Å². The summed E-state index contributed by atoms with van der Waals surface area (Å²) in [5, 5.41) is 24.6. The summed E-state index contributed by atoms with van der Waals surface area (Å²) in [6, 6.07) is 5.98. The molecule has 3 aromatic heterocycles. The normalized spacial score (nSPS) is 17.5. The highest BCUT2D eigenvalue weighted by Crippen LogP contribution is 2.63. The molecule has 0 unspecified atom stereocenters. The van der Waals surface area contributed by atoms with Crippen LogP contribution < -0.4 is 15.4 Å². The molecule has 7 rings (SSSR count). The number of hydrogen-bond acceptors (Lipinski definition) is 8. The van der Waals surface area contributed by atoms with E-state index in [1.807, 2.05) is 0 Å². The minimum atomic E-state index is -3.85. The molecule has 3 heterocycles. The van der Waals surface area contributed by atoms with Gasteiger partial charge in [-0.15, -0.1) is 0 Å². The van der Waals surface area contributed by atoms with E-state index in [4.69, 9.17) is 16.6 Å². The number of carbonyl (C=O) groups excluding carboxylic acids is 1. The summed E-state index contributed by atoms with van der Waals surface area (Å²) in [6.45, 7) is 1.94. The summed E-state index contributed by atoms with van der Waals surface area (Å²) in [6.07, 6.45) is -2.23. The molecule has 0 saturated heterocycles. The topological polar surface area (TPSA) is 156 Å². The minimum Gasteiger partial charge on any atom is -0.386 e. The molecule has 5 aromatic rings. The number of pyridine rings is 1. The predicted octanol–water partition coefficient (Wildman–Crippen LogP) is 6.94. The molecule has 1 fully saturated rings. The van der Waals surface area contributed by atoms with Crippen molar-refractivity contribution in [2.24, 2.45) is 13.0 Å². The van der Waals surface area contributed by atoms with Gasteiger partial charge in [-0.2, -0.15) is 19.0 Å². The molecule has 1 saturated carbocycles. The maximum atomic E-state index is 15.7. The van der Waals surface area contributed by atoms with Crippen molar-refractivity contribution in [3.8, 4) is 23.0 Å². The number of amides is 1. The van der Waals surface area contributed by atoms with Crippen LogP contribution in [-0.4, -0.2) is 62.9 Å². The molecule has 4 N–H and O–H groups in total. The van der Waals surface area contributed by atoms with Crippen molar-refractivity contribution in [2.75, 3.05) is 23.3 Å². The number of hydrogen-bond donors (Lipinski definition) is 4. The third-order valence-corrected chi connectivity index (χ3v) is 11.2. The second-order valence-electron chi connectivity index (χ2n) is 15.2. The molecule has 2 aliphatic rings. The number of aliphatic hydroxyl groups is 1. The summed E-state index contributed by atoms with van der Waals surface area (Å²) in [4.78, 5) is 18.9.